The van der Waals surface area contributed by atoms with E-state index >= 15 is 0 Å². The lowest BCUT2D eigenvalue weighted by molar-refractivity contribution is -0.144. The van der Waals surface area contributed by atoms with Crippen molar-refractivity contribution in [3.05, 3.63) is 35.9 Å². The van der Waals surface area contributed by atoms with Crippen LogP contribution in [0.2, 0.25) is 0 Å². The molecule has 1 aliphatic rings. The normalized spacial score (nSPS) is 24.2. The third kappa shape index (κ3) is 6.38. The van der Waals surface area contributed by atoms with Crippen LogP contribution >= 0.6 is 0 Å². The van der Waals surface area contributed by atoms with Crippen molar-refractivity contribution < 1.29 is 23.8 Å². The van der Waals surface area contributed by atoms with Crippen molar-refractivity contribution in [2.24, 2.45) is 5.92 Å². The van der Waals surface area contributed by atoms with Crippen molar-refractivity contribution in [1.29, 1.82) is 0 Å². The van der Waals surface area contributed by atoms with E-state index in [1.54, 1.807) is 0 Å². The minimum atomic E-state index is -0.712. The Bertz CT molecular complexity index is 552. The number of alkyl carbamates (subject to hydrolysis) is 1. The zero-order valence-corrected chi connectivity index (χ0v) is 15.1. The smallest absolute Gasteiger partial charge is 0.408 e. The lowest BCUT2D eigenvalue weighted by Gasteiger charge is -2.33. The van der Waals surface area contributed by atoms with Crippen LogP contribution in [0.5, 0.6) is 0 Å². The second kappa shape index (κ2) is 9.42. The summed E-state index contributed by atoms with van der Waals surface area (Å²) in [5, 5.41) is 2.64. The highest BCUT2D eigenvalue weighted by Crippen LogP contribution is 2.28. The number of rotatable bonds is 6. The van der Waals surface area contributed by atoms with Gasteiger partial charge in [-0.3, -0.25) is 0 Å². The lowest BCUT2D eigenvalue weighted by Crippen LogP contribution is -2.44. The van der Waals surface area contributed by atoms with Gasteiger partial charge >= 0.3 is 12.1 Å². The highest BCUT2D eigenvalue weighted by molar-refractivity contribution is 5.81. The van der Waals surface area contributed by atoms with Crippen LogP contribution in [0.25, 0.3) is 0 Å². The summed E-state index contributed by atoms with van der Waals surface area (Å²) in [5.74, 6) is -0.166. The van der Waals surface area contributed by atoms with E-state index < -0.39 is 18.1 Å². The first-order valence-electron chi connectivity index (χ1n) is 8.68. The Labute approximate surface area is 148 Å². The molecule has 1 N–H and O–H groups in total. The Hall–Kier alpha value is -2.08. The molecule has 1 heterocycles. The van der Waals surface area contributed by atoms with Crippen LogP contribution in [-0.2, 0) is 25.6 Å². The van der Waals surface area contributed by atoms with Gasteiger partial charge in [0.15, 0.2) is 0 Å². The monoisotopic (exact) mass is 349 g/mol. The van der Waals surface area contributed by atoms with E-state index in [0.717, 1.165) is 18.4 Å². The molecule has 6 heteroatoms. The fourth-order valence-electron chi connectivity index (χ4n) is 3.33. The second-order valence-electron chi connectivity index (χ2n) is 6.61. The molecule has 1 saturated heterocycles. The van der Waals surface area contributed by atoms with Crippen molar-refractivity contribution in [3.63, 3.8) is 0 Å². The molecule has 0 aromatic heterocycles. The number of nitrogens with one attached hydrogen (secondary N) is 1. The number of hydrogen-bond acceptors (Lipinski definition) is 5. The fraction of sp³-hybridized carbons (Fsp3) is 0.579. The predicted molar refractivity (Wildman–Crippen MR) is 92.9 cm³/mol. The summed E-state index contributed by atoms with van der Waals surface area (Å²) in [4.78, 5) is 24.1. The molecule has 1 aromatic rings. The molecule has 2 rings (SSSR count). The molecule has 6 nitrogen and oxygen atoms in total. The first-order chi connectivity index (χ1) is 12.0. The predicted octanol–water partition coefficient (Wildman–Crippen LogP) is 3.05. The maximum Gasteiger partial charge on any atom is 0.408 e. The van der Waals surface area contributed by atoms with Gasteiger partial charge in [-0.1, -0.05) is 30.3 Å². The van der Waals surface area contributed by atoms with Gasteiger partial charge in [-0.2, -0.15) is 0 Å². The molecule has 1 aromatic carbocycles. The van der Waals surface area contributed by atoms with Gasteiger partial charge in [0.1, 0.15) is 12.6 Å². The fourth-order valence-corrected chi connectivity index (χ4v) is 3.33. The molecule has 25 heavy (non-hydrogen) atoms. The Balaban J connectivity index is 1.88. The molecule has 0 bridgehead atoms. The zero-order valence-electron chi connectivity index (χ0n) is 15.1. The van der Waals surface area contributed by atoms with Gasteiger partial charge in [-0.15, -0.1) is 0 Å². The molecule has 0 aliphatic carbocycles. The highest BCUT2D eigenvalue weighted by Gasteiger charge is 2.31. The minimum Gasteiger partial charge on any atom is -0.467 e. The van der Waals surface area contributed by atoms with Gasteiger partial charge in [0.25, 0.3) is 0 Å². The molecule has 0 radical (unpaired) electrons. The summed E-state index contributed by atoms with van der Waals surface area (Å²) >= 11 is 0. The van der Waals surface area contributed by atoms with E-state index in [-0.39, 0.29) is 24.7 Å². The van der Waals surface area contributed by atoms with Crippen molar-refractivity contribution in [2.45, 2.75) is 58.0 Å². The minimum absolute atomic E-state index is 0.150. The number of methoxy groups -OCH3 is 1. The topological polar surface area (TPSA) is 73.9 Å². The average molecular weight is 349 g/mol. The summed E-state index contributed by atoms with van der Waals surface area (Å²) < 4.78 is 15.8. The summed E-state index contributed by atoms with van der Waals surface area (Å²) in [7, 11) is 1.32. The Kier molecular flexibility index (Phi) is 7.25. The Morgan fingerprint density at radius 3 is 2.44 bits per heavy atom. The van der Waals surface area contributed by atoms with Gasteiger partial charge in [0.2, 0.25) is 0 Å². The van der Waals surface area contributed by atoms with Crippen LogP contribution in [0.4, 0.5) is 4.79 Å². The average Bonchev–Trinajstić information content (AvgIpc) is 2.58. The standard InChI is InChI=1S/C19H27NO5/c1-13-9-16(10-14(2)25-13)11-17(18(21)23-3)20-19(22)24-12-15-7-5-4-6-8-15/h4-8,13-14,16-17H,9-12H2,1-3H3,(H,20,22). The molecule has 3 unspecified atom stereocenters. The number of amides is 1. The number of carbonyl (C=O) groups excluding carboxylic acids is 2. The number of hydrogen-bond donors (Lipinski definition) is 1. The number of benzene rings is 1. The summed E-state index contributed by atoms with van der Waals surface area (Å²) in [6.07, 6.45) is 1.92. The third-order valence-electron chi connectivity index (χ3n) is 4.35. The number of ether oxygens (including phenoxy) is 3. The first-order valence-corrected chi connectivity index (χ1v) is 8.68. The second-order valence-corrected chi connectivity index (χ2v) is 6.61. The third-order valence-corrected chi connectivity index (χ3v) is 4.35. The van der Waals surface area contributed by atoms with Gasteiger partial charge in [0.05, 0.1) is 19.3 Å². The largest absolute Gasteiger partial charge is 0.467 e. The van der Waals surface area contributed by atoms with Crippen LogP contribution in [0.15, 0.2) is 30.3 Å². The Morgan fingerprint density at radius 1 is 1.20 bits per heavy atom. The maximum atomic E-state index is 12.1. The van der Waals surface area contributed by atoms with Crippen molar-refractivity contribution in [2.75, 3.05) is 7.11 Å². The van der Waals surface area contributed by atoms with Crippen LogP contribution in [0, 0.1) is 5.92 Å². The van der Waals surface area contributed by atoms with Gasteiger partial charge in [-0.05, 0) is 44.6 Å². The zero-order chi connectivity index (χ0) is 18.2. The van der Waals surface area contributed by atoms with Crippen LogP contribution in [0.3, 0.4) is 0 Å². The molecule has 0 spiro atoms. The molecule has 1 aliphatic heterocycles. The van der Waals surface area contributed by atoms with Crippen molar-refractivity contribution in [1.82, 2.24) is 5.32 Å². The van der Waals surface area contributed by atoms with E-state index in [4.69, 9.17) is 14.2 Å². The molecular formula is C19H27NO5. The van der Waals surface area contributed by atoms with E-state index in [2.05, 4.69) is 5.32 Å². The summed E-state index contributed by atoms with van der Waals surface area (Å²) in [6.45, 7) is 4.21. The maximum absolute atomic E-state index is 12.1. The van der Waals surface area contributed by atoms with Crippen LogP contribution < -0.4 is 5.32 Å². The highest BCUT2D eigenvalue weighted by atomic mass is 16.6. The summed E-state index contributed by atoms with van der Waals surface area (Å²) in [5.41, 5.74) is 0.888. The molecule has 0 saturated carbocycles. The molecule has 3 atom stereocenters. The molecule has 1 amide bonds. The summed E-state index contributed by atoms with van der Waals surface area (Å²) in [6, 6.07) is 8.68. The van der Waals surface area contributed by atoms with E-state index in [9.17, 15) is 9.59 Å². The quantitative estimate of drug-likeness (QED) is 0.799. The number of carbonyl (C=O) groups is 2. The molecular weight excluding hydrogens is 322 g/mol. The van der Waals surface area contributed by atoms with Crippen LogP contribution in [0.1, 0.15) is 38.7 Å². The van der Waals surface area contributed by atoms with Crippen molar-refractivity contribution in [3.8, 4) is 0 Å². The van der Waals surface area contributed by atoms with Crippen LogP contribution in [-0.4, -0.2) is 37.4 Å². The Morgan fingerprint density at radius 2 is 1.84 bits per heavy atom. The molecule has 138 valence electrons. The van der Waals surface area contributed by atoms with E-state index in [1.165, 1.54) is 7.11 Å². The van der Waals surface area contributed by atoms with Gasteiger partial charge in [0, 0.05) is 0 Å². The SMILES string of the molecule is COC(=O)C(CC1CC(C)OC(C)C1)NC(=O)OCc1ccccc1. The van der Waals surface area contributed by atoms with Gasteiger partial charge < -0.3 is 19.5 Å². The molecule has 1 fully saturated rings. The number of esters is 1. The lowest BCUT2D eigenvalue weighted by atomic mass is 9.87. The van der Waals surface area contributed by atoms with E-state index in [0.29, 0.717) is 6.42 Å². The van der Waals surface area contributed by atoms with Crippen molar-refractivity contribution >= 4 is 12.1 Å². The first kappa shape index (κ1) is 19.2. The van der Waals surface area contributed by atoms with E-state index in [1.807, 2.05) is 44.2 Å². The van der Waals surface area contributed by atoms with Gasteiger partial charge in [-0.25, -0.2) is 9.59 Å².